The zero-order chi connectivity index (χ0) is 22.4. The van der Waals surface area contributed by atoms with Gasteiger partial charge in [0.1, 0.15) is 11.3 Å². The van der Waals surface area contributed by atoms with Crippen molar-refractivity contribution >= 4 is 11.8 Å². The van der Waals surface area contributed by atoms with Gasteiger partial charge in [-0.2, -0.15) is 0 Å². The summed E-state index contributed by atoms with van der Waals surface area (Å²) in [6, 6.07) is 18.0. The maximum Gasteiger partial charge on any atom is 0.247 e. The molecule has 1 fully saturated rings. The molecule has 0 saturated carbocycles. The summed E-state index contributed by atoms with van der Waals surface area (Å²) in [6.07, 6.45) is 1.02. The average Bonchev–Trinajstić information content (AvgIpc) is 2.78. The maximum absolute atomic E-state index is 13.3. The van der Waals surface area contributed by atoms with Gasteiger partial charge in [-0.25, -0.2) is 0 Å². The molecule has 1 aliphatic heterocycles. The Bertz CT molecular complexity index is 881. The van der Waals surface area contributed by atoms with E-state index in [1.165, 1.54) is 0 Å². The largest absolute Gasteiger partial charge is 0.497 e. The van der Waals surface area contributed by atoms with Crippen LogP contribution in [0.4, 0.5) is 0 Å². The molecular formula is C25H33N3O3. The molecular weight excluding hydrogens is 390 g/mol. The fourth-order valence-corrected chi connectivity index (χ4v) is 4.01. The van der Waals surface area contributed by atoms with E-state index in [1.54, 1.807) is 21.0 Å². The number of carbonyl (C=O) groups excluding carboxylic acids is 2. The molecule has 2 amide bonds. The molecule has 1 atom stereocenters. The summed E-state index contributed by atoms with van der Waals surface area (Å²) in [4.78, 5) is 29.9. The first-order valence-corrected chi connectivity index (χ1v) is 10.8. The van der Waals surface area contributed by atoms with E-state index in [2.05, 4.69) is 17.3 Å². The molecule has 0 spiro atoms. The summed E-state index contributed by atoms with van der Waals surface area (Å²) in [5.74, 6) is 0.657. The molecule has 31 heavy (non-hydrogen) atoms. The van der Waals surface area contributed by atoms with Gasteiger partial charge in [0.15, 0.2) is 0 Å². The number of hydrogen-bond donors (Lipinski definition) is 1. The molecule has 2 aromatic carbocycles. The van der Waals surface area contributed by atoms with E-state index in [0.717, 1.165) is 23.4 Å². The van der Waals surface area contributed by atoms with Crippen molar-refractivity contribution in [3.05, 3.63) is 65.7 Å². The number of nitrogens with one attached hydrogen (secondary N) is 1. The van der Waals surface area contributed by atoms with Crippen LogP contribution in [0.1, 0.15) is 37.4 Å². The lowest BCUT2D eigenvalue weighted by Crippen LogP contribution is -2.59. The lowest BCUT2D eigenvalue weighted by atomic mass is 9.98. The number of carbonyl (C=O) groups is 2. The smallest absolute Gasteiger partial charge is 0.247 e. The molecule has 6 heteroatoms. The Morgan fingerprint density at radius 2 is 1.74 bits per heavy atom. The summed E-state index contributed by atoms with van der Waals surface area (Å²) in [5.41, 5.74) is 1.31. The Morgan fingerprint density at radius 3 is 2.39 bits per heavy atom. The van der Waals surface area contributed by atoms with Gasteiger partial charge in [0, 0.05) is 26.1 Å². The van der Waals surface area contributed by atoms with E-state index in [-0.39, 0.29) is 17.9 Å². The van der Waals surface area contributed by atoms with E-state index in [1.807, 2.05) is 59.5 Å². The first kappa shape index (κ1) is 22.8. The number of piperazine rings is 1. The van der Waals surface area contributed by atoms with Crippen LogP contribution in [0, 0.1) is 0 Å². The summed E-state index contributed by atoms with van der Waals surface area (Å²) in [5, 5.41) is 2.94. The highest BCUT2D eigenvalue weighted by Gasteiger charge is 2.37. The lowest BCUT2D eigenvalue weighted by Gasteiger charge is -2.42. The predicted octanol–water partition coefficient (Wildman–Crippen LogP) is 3.04. The molecule has 166 valence electrons. The zero-order valence-electron chi connectivity index (χ0n) is 18.9. The van der Waals surface area contributed by atoms with Crippen LogP contribution in [-0.2, 0) is 16.0 Å². The fraction of sp³-hybridized carbons (Fsp3) is 0.440. The van der Waals surface area contributed by atoms with Gasteiger partial charge in [-0.3, -0.25) is 14.5 Å². The van der Waals surface area contributed by atoms with Crippen molar-refractivity contribution in [2.45, 2.75) is 38.3 Å². The lowest BCUT2D eigenvalue weighted by molar-refractivity contribution is -0.142. The van der Waals surface area contributed by atoms with Crippen molar-refractivity contribution in [2.24, 2.45) is 0 Å². The van der Waals surface area contributed by atoms with E-state index in [0.29, 0.717) is 25.9 Å². The third-order valence-corrected chi connectivity index (χ3v) is 5.91. The quantitative estimate of drug-likeness (QED) is 0.744. The second-order valence-electron chi connectivity index (χ2n) is 8.68. The molecule has 1 aliphatic rings. The van der Waals surface area contributed by atoms with Crippen LogP contribution in [0.5, 0.6) is 5.75 Å². The van der Waals surface area contributed by atoms with Gasteiger partial charge >= 0.3 is 0 Å². The van der Waals surface area contributed by atoms with Crippen LogP contribution >= 0.6 is 0 Å². The first-order valence-electron chi connectivity index (χ1n) is 10.8. The standard InChI is InChI=1S/C25H33N3O3/c1-25(2,26-23(29)15-10-19-8-6-5-7-9-19)24(30)28-17-16-27(3)22(18-28)20-11-13-21(31-4)14-12-20/h5-9,11-14,22H,10,15-18H2,1-4H3,(H,26,29)/t22-/m0/s1. The van der Waals surface area contributed by atoms with Crippen molar-refractivity contribution < 1.29 is 14.3 Å². The van der Waals surface area contributed by atoms with Gasteiger partial charge in [-0.1, -0.05) is 42.5 Å². The highest BCUT2D eigenvalue weighted by atomic mass is 16.5. The third-order valence-electron chi connectivity index (χ3n) is 5.91. The Morgan fingerprint density at radius 1 is 1.06 bits per heavy atom. The van der Waals surface area contributed by atoms with Crippen LogP contribution in [0.2, 0.25) is 0 Å². The van der Waals surface area contributed by atoms with Crippen molar-refractivity contribution in [1.82, 2.24) is 15.1 Å². The molecule has 1 N–H and O–H groups in total. The molecule has 6 nitrogen and oxygen atoms in total. The van der Waals surface area contributed by atoms with E-state index >= 15 is 0 Å². The van der Waals surface area contributed by atoms with Gasteiger partial charge in [0.05, 0.1) is 13.2 Å². The van der Waals surface area contributed by atoms with Gasteiger partial charge in [-0.05, 0) is 50.6 Å². The topological polar surface area (TPSA) is 61.9 Å². The third kappa shape index (κ3) is 5.85. The van der Waals surface area contributed by atoms with Crippen molar-refractivity contribution in [3.8, 4) is 5.75 Å². The Kier molecular flexibility index (Phi) is 7.33. The SMILES string of the molecule is COc1ccc([C@@H]2CN(C(=O)C(C)(C)NC(=O)CCc3ccccc3)CCN2C)cc1. The Hall–Kier alpha value is -2.86. The maximum atomic E-state index is 13.3. The summed E-state index contributed by atoms with van der Waals surface area (Å²) in [6.45, 7) is 5.59. The average molecular weight is 424 g/mol. The van der Waals surface area contributed by atoms with Crippen LogP contribution in [-0.4, -0.2) is 60.9 Å². The predicted molar refractivity (Wildman–Crippen MR) is 122 cm³/mol. The molecule has 0 unspecified atom stereocenters. The van der Waals surface area contributed by atoms with E-state index < -0.39 is 5.54 Å². The molecule has 0 radical (unpaired) electrons. The minimum Gasteiger partial charge on any atom is -0.497 e. The number of amides is 2. The van der Waals surface area contributed by atoms with Crippen molar-refractivity contribution in [2.75, 3.05) is 33.8 Å². The van der Waals surface area contributed by atoms with Crippen molar-refractivity contribution in [1.29, 1.82) is 0 Å². The normalized spacial score (nSPS) is 17.3. The molecule has 1 heterocycles. The van der Waals surface area contributed by atoms with Crippen LogP contribution in [0.25, 0.3) is 0 Å². The molecule has 3 rings (SSSR count). The van der Waals surface area contributed by atoms with Crippen molar-refractivity contribution in [3.63, 3.8) is 0 Å². The van der Waals surface area contributed by atoms with Gasteiger partial charge in [0.25, 0.3) is 0 Å². The highest BCUT2D eigenvalue weighted by Crippen LogP contribution is 2.27. The number of benzene rings is 2. The number of rotatable bonds is 7. The number of likely N-dealkylation sites (N-methyl/N-ethyl adjacent to an activating group) is 1. The van der Waals surface area contributed by atoms with E-state index in [4.69, 9.17) is 4.74 Å². The highest BCUT2D eigenvalue weighted by molar-refractivity contribution is 5.91. The monoisotopic (exact) mass is 423 g/mol. The van der Waals surface area contributed by atoms with Crippen LogP contribution in [0.3, 0.4) is 0 Å². The van der Waals surface area contributed by atoms with E-state index in [9.17, 15) is 9.59 Å². The minimum atomic E-state index is -0.950. The summed E-state index contributed by atoms with van der Waals surface area (Å²) in [7, 11) is 3.73. The molecule has 2 aromatic rings. The zero-order valence-corrected chi connectivity index (χ0v) is 18.9. The second kappa shape index (κ2) is 9.96. The van der Waals surface area contributed by atoms with Gasteiger partial charge in [-0.15, -0.1) is 0 Å². The fourth-order valence-electron chi connectivity index (χ4n) is 4.01. The van der Waals surface area contributed by atoms with Crippen LogP contribution in [0.15, 0.2) is 54.6 Å². The second-order valence-corrected chi connectivity index (χ2v) is 8.68. The number of hydrogen-bond acceptors (Lipinski definition) is 4. The van der Waals surface area contributed by atoms with Gasteiger partial charge in [0.2, 0.25) is 11.8 Å². The minimum absolute atomic E-state index is 0.0489. The number of ether oxygens (including phenoxy) is 1. The Balaban J connectivity index is 1.60. The summed E-state index contributed by atoms with van der Waals surface area (Å²) < 4.78 is 5.25. The molecule has 1 saturated heterocycles. The molecule has 0 aliphatic carbocycles. The Labute approximate surface area is 185 Å². The number of aryl methyl sites for hydroxylation is 1. The molecule has 0 aromatic heterocycles. The first-order chi connectivity index (χ1) is 14.8. The summed E-state index contributed by atoms with van der Waals surface area (Å²) >= 11 is 0. The molecule has 0 bridgehead atoms. The number of nitrogens with zero attached hydrogens (tertiary/aromatic N) is 2. The van der Waals surface area contributed by atoms with Gasteiger partial charge < -0.3 is 15.0 Å². The van der Waals surface area contributed by atoms with Crippen LogP contribution < -0.4 is 10.1 Å². The number of methoxy groups -OCH3 is 1.